The zero-order chi connectivity index (χ0) is 6.62. The molecule has 0 spiro atoms. The highest BCUT2D eigenvalue weighted by atomic mass is 19.3. The van der Waals surface area contributed by atoms with E-state index in [0.717, 1.165) is 0 Å². The lowest BCUT2D eigenvalue weighted by molar-refractivity contribution is 0.00474. The van der Waals surface area contributed by atoms with Crippen LogP contribution in [0.5, 0.6) is 0 Å². The minimum Gasteiger partial charge on any atom is -0.330 e. The molecule has 0 atom stereocenters. The summed E-state index contributed by atoms with van der Waals surface area (Å²) < 4.78 is 23.9. The molecule has 0 bridgehead atoms. The average molecular weight is 124 g/mol. The lowest BCUT2D eigenvalue weighted by Gasteiger charge is -2.10. The van der Waals surface area contributed by atoms with Crippen LogP contribution in [0.3, 0.4) is 0 Å². The second kappa shape index (κ2) is 2.94. The quantitative estimate of drug-likeness (QED) is 0.553. The molecule has 0 aliphatic heterocycles. The van der Waals surface area contributed by atoms with Crippen molar-refractivity contribution in [3.63, 3.8) is 0 Å². The summed E-state index contributed by atoms with van der Waals surface area (Å²) in [7, 11) is 0. The Balaban J connectivity index is 3.37. The summed E-state index contributed by atoms with van der Waals surface area (Å²) in [6, 6.07) is 0. The third-order valence-corrected chi connectivity index (χ3v) is 0.809. The van der Waals surface area contributed by atoms with Gasteiger partial charge in [0.15, 0.2) is 0 Å². The first kappa shape index (κ1) is 7.78. The largest absolute Gasteiger partial charge is 0.330 e. The molecule has 4 N–H and O–H groups in total. The first-order chi connectivity index (χ1) is 3.62. The standard InChI is InChI=1S/C4H10F2N2/c5-4(6,3-8)1-2-7/h1-3,7-8H2. The minimum atomic E-state index is -2.76. The van der Waals surface area contributed by atoms with Crippen LogP contribution in [0, 0.1) is 0 Å². The molecule has 0 aliphatic carbocycles. The monoisotopic (exact) mass is 124 g/mol. The van der Waals surface area contributed by atoms with Crippen molar-refractivity contribution in [2.24, 2.45) is 11.5 Å². The topological polar surface area (TPSA) is 52.0 Å². The van der Waals surface area contributed by atoms with E-state index in [9.17, 15) is 8.78 Å². The maximum absolute atomic E-state index is 11.9. The number of hydrogen-bond acceptors (Lipinski definition) is 2. The Kier molecular flexibility index (Phi) is 2.86. The third-order valence-electron chi connectivity index (χ3n) is 0.809. The Hall–Kier alpha value is -0.220. The van der Waals surface area contributed by atoms with Crippen molar-refractivity contribution in [2.75, 3.05) is 13.1 Å². The van der Waals surface area contributed by atoms with Crippen LogP contribution >= 0.6 is 0 Å². The smallest absolute Gasteiger partial charge is 0.261 e. The molecule has 0 rings (SSSR count). The molecule has 0 aromatic rings. The normalized spacial score (nSPS) is 12.0. The van der Waals surface area contributed by atoms with Crippen LogP contribution in [0.2, 0.25) is 0 Å². The van der Waals surface area contributed by atoms with Crippen molar-refractivity contribution >= 4 is 0 Å². The van der Waals surface area contributed by atoms with Crippen molar-refractivity contribution in [1.29, 1.82) is 0 Å². The van der Waals surface area contributed by atoms with Gasteiger partial charge in [0.25, 0.3) is 5.92 Å². The number of nitrogens with two attached hydrogens (primary N) is 2. The van der Waals surface area contributed by atoms with Crippen molar-refractivity contribution in [3.05, 3.63) is 0 Å². The maximum atomic E-state index is 11.9. The van der Waals surface area contributed by atoms with Crippen LogP contribution < -0.4 is 11.5 Å². The van der Waals surface area contributed by atoms with Crippen LogP contribution in [0.4, 0.5) is 8.78 Å². The van der Waals surface area contributed by atoms with Gasteiger partial charge in [-0.25, -0.2) is 8.78 Å². The highest BCUT2D eigenvalue weighted by Crippen LogP contribution is 2.13. The molecule has 0 fully saturated rings. The number of rotatable bonds is 3. The summed E-state index contributed by atoms with van der Waals surface area (Å²) in [6.07, 6.45) is -0.316. The van der Waals surface area contributed by atoms with E-state index in [-0.39, 0.29) is 13.0 Å². The number of hydrogen-bond donors (Lipinski definition) is 2. The van der Waals surface area contributed by atoms with Crippen LogP contribution in [0.15, 0.2) is 0 Å². The molecule has 0 unspecified atom stereocenters. The van der Waals surface area contributed by atoms with Gasteiger partial charge in [0.05, 0.1) is 6.54 Å². The Morgan fingerprint density at radius 2 is 1.75 bits per heavy atom. The van der Waals surface area contributed by atoms with Crippen LogP contribution in [-0.4, -0.2) is 19.0 Å². The summed E-state index contributed by atoms with van der Waals surface area (Å²) >= 11 is 0. The van der Waals surface area contributed by atoms with Gasteiger partial charge in [-0.2, -0.15) is 0 Å². The van der Waals surface area contributed by atoms with E-state index in [2.05, 4.69) is 5.73 Å². The molecule has 0 radical (unpaired) electrons. The average Bonchev–Trinajstić information content (AvgIpc) is 1.67. The first-order valence-corrected chi connectivity index (χ1v) is 2.40. The highest BCUT2D eigenvalue weighted by molar-refractivity contribution is 4.65. The molecule has 0 aromatic heterocycles. The van der Waals surface area contributed by atoms with Crippen LogP contribution in [-0.2, 0) is 0 Å². The van der Waals surface area contributed by atoms with Crippen molar-refractivity contribution in [2.45, 2.75) is 12.3 Å². The SMILES string of the molecule is NCCC(F)(F)CN. The van der Waals surface area contributed by atoms with E-state index >= 15 is 0 Å². The molecular formula is C4H10F2N2. The molecule has 0 saturated carbocycles. The molecular weight excluding hydrogens is 114 g/mol. The van der Waals surface area contributed by atoms with Gasteiger partial charge in [0.1, 0.15) is 0 Å². The van der Waals surface area contributed by atoms with Gasteiger partial charge in [0.2, 0.25) is 0 Å². The Bertz CT molecular complexity index is 65.1. The third kappa shape index (κ3) is 2.87. The second-order valence-electron chi connectivity index (χ2n) is 1.60. The molecule has 8 heavy (non-hydrogen) atoms. The van der Waals surface area contributed by atoms with E-state index < -0.39 is 12.5 Å². The molecule has 50 valence electrons. The summed E-state index contributed by atoms with van der Waals surface area (Å²) in [5.74, 6) is -2.76. The molecule has 0 heterocycles. The Labute approximate surface area is 46.8 Å². The predicted molar refractivity (Wildman–Crippen MR) is 27.7 cm³/mol. The van der Waals surface area contributed by atoms with Gasteiger partial charge in [-0.3, -0.25) is 0 Å². The fourth-order valence-corrected chi connectivity index (χ4v) is 0.313. The van der Waals surface area contributed by atoms with Crippen molar-refractivity contribution < 1.29 is 8.78 Å². The molecule has 0 aromatic carbocycles. The fraction of sp³-hybridized carbons (Fsp3) is 1.00. The lowest BCUT2D eigenvalue weighted by atomic mass is 10.2. The van der Waals surface area contributed by atoms with E-state index in [1.165, 1.54) is 0 Å². The lowest BCUT2D eigenvalue weighted by Crippen LogP contribution is -2.30. The van der Waals surface area contributed by atoms with E-state index in [1.807, 2.05) is 0 Å². The van der Waals surface area contributed by atoms with Crippen molar-refractivity contribution in [3.8, 4) is 0 Å². The van der Waals surface area contributed by atoms with Gasteiger partial charge in [-0.1, -0.05) is 0 Å². The van der Waals surface area contributed by atoms with E-state index in [0.29, 0.717) is 0 Å². The maximum Gasteiger partial charge on any atom is 0.261 e. The van der Waals surface area contributed by atoms with Crippen LogP contribution in [0.25, 0.3) is 0 Å². The van der Waals surface area contributed by atoms with Gasteiger partial charge in [-0.15, -0.1) is 0 Å². The zero-order valence-electron chi connectivity index (χ0n) is 4.53. The molecule has 0 aliphatic rings. The highest BCUT2D eigenvalue weighted by Gasteiger charge is 2.24. The molecule has 4 heteroatoms. The molecule has 0 amide bonds. The first-order valence-electron chi connectivity index (χ1n) is 2.40. The molecule has 0 saturated heterocycles. The van der Waals surface area contributed by atoms with Gasteiger partial charge in [0, 0.05) is 6.42 Å². The minimum absolute atomic E-state index is 0.00972. The summed E-state index contributed by atoms with van der Waals surface area (Å²) in [6.45, 7) is -0.617. The number of halogens is 2. The number of alkyl halides is 2. The Morgan fingerprint density at radius 3 is 1.88 bits per heavy atom. The zero-order valence-corrected chi connectivity index (χ0v) is 4.53. The van der Waals surface area contributed by atoms with Crippen molar-refractivity contribution in [1.82, 2.24) is 0 Å². The van der Waals surface area contributed by atoms with Gasteiger partial charge < -0.3 is 11.5 Å². The van der Waals surface area contributed by atoms with Gasteiger partial charge in [-0.05, 0) is 6.54 Å². The van der Waals surface area contributed by atoms with Gasteiger partial charge >= 0.3 is 0 Å². The van der Waals surface area contributed by atoms with E-state index in [4.69, 9.17) is 5.73 Å². The summed E-state index contributed by atoms with van der Waals surface area (Å²) in [4.78, 5) is 0. The summed E-state index contributed by atoms with van der Waals surface area (Å²) in [5, 5.41) is 0. The predicted octanol–water partition coefficient (Wildman–Crippen LogP) is -0.0708. The van der Waals surface area contributed by atoms with Crippen LogP contribution in [0.1, 0.15) is 6.42 Å². The summed E-state index contributed by atoms with van der Waals surface area (Å²) in [5.41, 5.74) is 9.54. The second-order valence-corrected chi connectivity index (χ2v) is 1.60. The fourth-order valence-electron chi connectivity index (χ4n) is 0.313. The Morgan fingerprint density at radius 1 is 1.25 bits per heavy atom. The molecule has 2 nitrogen and oxygen atoms in total. The van der Waals surface area contributed by atoms with E-state index in [1.54, 1.807) is 0 Å².